The Morgan fingerprint density at radius 1 is 1.47 bits per heavy atom. The topological polar surface area (TPSA) is 117 Å². The van der Waals surface area contributed by atoms with Crippen molar-refractivity contribution in [1.82, 2.24) is 24.0 Å². The second-order valence-corrected chi connectivity index (χ2v) is 5.41. The molecule has 1 rings (SSSR count). The second kappa shape index (κ2) is 6.59. The largest absolute Gasteiger partial charge is 0.476 e. The summed E-state index contributed by atoms with van der Waals surface area (Å²) in [6.07, 6.45) is 1.24. The van der Waals surface area contributed by atoms with Crippen LogP contribution in [0.15, 0.2) is 6.20 Å². The Labute approximate surface area is 111 Å². The summed E-state index contributed by atoms with van der Waals surface area (Å²) in [4.78, 5) is 10.6. The van der Waals surface area contributed by atoms with E-state index >= 15 is 0 Å². The maximum Gasteiger partial charge on any atom is 0.358 e. The maximum absolute atomic E-state index is 11.8. The van der Waals surface area contributed by atoms with Crippen LogP contribution in [-0.2, 0) is 16.8 Å². The molecule has 1 aromatic rings. The van der Waals surface area contributed by atoms with Crippen LogP contribution in [0.1, 0.15) is 24.3 Å². The fourth-order valence-corrected chi connectivity index (χ4v) is 2.66. The van der Waals surface area contributed by atoms with Gasteiger partial charge in [0.2, 0.25) is 0 Å². The summed E-state index contributed by atoms with van der Waals surface area (Å²) in [5.41, 5.74) is -0.174. The average Bonchev–Trinajstić information content (AvgIpc) is 2.78. The number of hydrogen-bond acceptors (Lipinski definition) is 5. The first-order valence-electron chi connectivity index (χ1n) is 5.78. The quantitative estimate of drug-likeness (QED) is 0.644. The Morgan fingerprint density at radius 3 is 2.58 bits per heavy atom. The van der Waals surface area contributed by atoms with E-state index in [1.807, 2.05) is 0 Å². The van der Waals surface area contributed by atoms with Gasteiger partial charge in [-0.1, -0.05) is 19.1 Å². The molecule has 1 heterocycles. The van der Waals surface area contributed by atoms with Crippen LogP contribution < -0.4 is 4.72 Å². The van der Waals surface area contributed by atoms with Crippen molar-refractivity contribution in [1.29, 1.82) is 0 Å². The van der Waals surface area contributed by atoms with Gasteiger partial charge in [0, 0.05) is 19.6 Å². The maximum atomic E-state index is 11.8. The molecule has 2 N–H and O–H groups in total. The van der Waals surface area contributed by atoms with Crippen LogP contribution in [0.3, 0.4) is 0 Å². The van der Waals surface area contributed by atoms with Gasteiger partial charge in [0.15, 0.2) is 5.69 Å². The molecule has 0 saturated heterocycles. The van der Waals surface area contributed by atoms with Gasteiger partial charge in [0.25, 0.3) is 10.2 Å². The highest BCUT2D eigenvalue weighted by Crippen LogP contribution is 1.97. The third kappa shape index (κ3) is 4.26. The van der Waals surface area contributed by atoms with Gasteiger partial charge >= 0.3 is 5.97 Å². The Bertz CT molecular complexity index is 522. The number of rotatable bonds is 8. The van der Waals surface area contributed by atoms with Crippen molar-refractivity contribution in [3.63, 3.8) is 0 Å². The number of carboxylic acids is 1. The lowest BCUT2D eigenvalue weighted by Crippen LogP contribution is -2.41. The lowest BCUT2D eigenvalue weighted by Gasteiger charge is -2.18. The van der Waals surface area contributed by atoms with Gasteiger partial charge in [-0.05, 0) is 0 Å². The molecule has 0 radical (unpaired) electrons. The summed E-state index contributed by atoms with van der Waals surface area (Å²) in [6, 6.07) is 0. The summed E-state index contributed by atoms with van der Waals surface area (Å²) < 4.78 is 28.5. The molecule has 0 fully saturated rings. The molecule has 0 aliphatic rings. The Kier molecular flexibility index (Phi) is 5.39. The minimum Gasteiger partial charge on any atom is -0.476 e. The Balaban J connectivity index is 2.51. The molecular weight excluding hydrogens is 274 g/mol. The van der Waals surface area contributed by atoms with Gasteiger partial charge in [-0.2, -0.15) is 12.7 Å². The zero-order chi connectivity index (χ0) is 14.5. The van der Waals surface area contributed by atoms with E-state index in [-0.39, 0.29) is 18.8 Å². The van der Waals surface area contributed by atoms with Crippen LogP contribution in [0.2, 0.25) is 0 Å². The van der Waals surface area contributed by atoms with Crippen molar-refractivity contribution >= 4 is 16.2 Å². The van der Waals surface area contributed by atoms with Gasteiger partial charge in [0.1, 0.15) is 0 Å². The van der Waals surface area contributed by atoms with E-state index < -0.39 is 16.2 Å². The molecule has 0 saturated carbocycles. The fourth-order valence-electron chi connectivity index (χ4n) is 1.45. The number of aromatic nitrogens is 3. The summed E-state index contributed by atoms with van der Waals surface area (Å²) in [6.45, 7) is 4.59. The molecule has 0 bridgehead atoms. The fraction of sp³-hybridized carbons (Fsp3) is 0.667. The molecule has 1 aromatic heterocycles. The normalized spacial score (nSPS) is 11.9. The van der Waals surface area contributed by atoms with Gasteiger partial charge in [-0.25, -0.2) is 9.52 Å². The Hall–Kier alpha value is -1.52. The number of aromatic carboxylic acids is 1. The molecule has 0 amide bonds. The van der Waals surface area contributed by atoms with E-state index in [0.29, 0.717) is 13.1 Å². The first-order valence-corrected chi connectivity index (χ1v) is 7.22. The lowest BCUT2D eigenvalue weighted by molar-refractivity contribution is 0.0690. The van der Waals surface area contributed by atoms with E-state index in [0.717, 1.165) is 0 Å². The van der Waals surface area contributed by atoms with E-state index in [9.17, 15) is 13.2 Å². The molecule has 0 aliphatic heterocycles. The second-order valence-electron chi connectivity index (χ2n) is 3.66. The van der Waals surface area contributed by atoms with Gasteiger partial charge < -0.3 is 5.11 Å². The Morgan fingerprint density at radius 2 is 2.11 bits per heavy atom. The third-order valence-electron chi connectivity index (χ3n) is 2.43. The van der Waals surface area contributed by atoms with Gasteiger partial charge in [0.05, 0.1) is 12.7 Å². The van der Waals surface area contributed by atoms with Gasteiger partial charge in [-0.3, -0.25) is 4.68 Å². The van der Waals surface area contributed by atoms with E-state index in [2.05, 4.69) is 15.0 Å². The molecule has 19 heavy (non-hydrogen) atoms. The average molecular weight is 291 g/mol. The molecular formula is C9H17N5O4S. The van der Waals surface area contributed by atoms with Crippen LogP contribution >= 0.6 is 0 Å². The minimum absolute atomic E-state index is 0.112. The zero-order valence-electron chi connectivity index (χ0n) is 10.8. The molecule has 108 valence electrons. The zero-order valence-corrected chi connectivity index (χ0v) is 11.6. The van der Waals surface area contributed by atoms with Crippen LogP contribution in [0.5, 0.6) is 0 Å². The van der Waals surface area contributed by atoms with E-state index in [1.165, 1.54) is 15.2 Å². The number of carboxylic acid groups (broad SMARTS) is 1. The van der Waals surface area contributed by atoms with Crippen LogP contribution in [-0.4, -0.2) is 58.4 Å². The first kappa shape index (κ1) is 15.5. The number of hydrogen-bond donors (Lipinski definition) is 2. The highest BCUT2D eigenvalue weighted by Gasteiger charge is 2.17. The van der Waals surface area contributed by atoms with Crippen molar-refractivity contribution < 1.29 is 18.3 Å². The monoisotopic (exact) mass is 291 g/mol. The standard InChI is InChI=1S/C9H17N5O4S/c1-3-14(4-2)19(17,18)10-5-6-13-7-8(9(15)16)11-12-13/h7,10H,3-6H2,1-2H3,(H,15,16). The van der Waals surface area contributed by atoms with Crippen molar-refractivity contribution in [2.75, 3.05) is 19.6 Å². The van der Waals surface area contributed by atoms with Crippen LogP contribution in [0.25, 0.3) is 0 Å². The van der Waals surface area contributed by atoms with Gasteiger partial charge in [-0.15, -0.1) is 5.10 Å². The van der Waals surface area contributed by atoms with E-state index in [4.69, 9.17) is 5.11 Å². The van der Waals surface area contributed by atoms with Crippen molar-refractivity contribution in [3.05, 3.63) is 11.9 Å². The highest BCUT2D eigenvalue weighted by molar-refractivity contribution is 7.87. The predicted molar refractivity (Wildman–Crippen MR) is 66.8 cm³/mol. The third-order valence-corrected chi connectivity index (χ3v) is 4.19. The lowest BCUT2D eigenvalue weighted by atomic mass is 10.5. The molecule has 10 heteroatoms. The molecule has 0 atom stereocenters. The summed E-state index contributed by atoms with van der Waals surface area (Å²) in [7, 11) is -3.50. The summed E-state index contributed by atoms with van der Waals surface area (Å²) >= 11 is 0. The molecule has 0 aliphatic carbocycles. The summed E-state index contributed by atoms with van der Waals surface area (Å²) in [5.74, 6) is -1.17. The number of nitrogens with zero attached hydrogens (tertiary/aromatic N) is 4. The highest BCUT2D eigenvalue weighted by atomic mass is 32.2. The van der Waals surface area contributed by atoms with Crippen molar-refractivity contribution in [2.24, 2.45) is 0 Å². The first-order chi connectivity index (χ1) is 8.90. The van der Waals surface area contributed by atoms with Crippen molar-refractivity contribution in [2.45, 2.75) is 20.4 Å². The molecule has 9 nitrogen and oxygen atoms in total. The van der Waals surface area contributed by atoms with E-state index in [1.54, 1.807) is 13.8 Å². The summed E-state index contributed by atoms with van der Waals surface area (Å²) in [5, 5.41) is 15.7. The SMILES string of the molecule is CCN(CC)S(=O)(=O)NCCn1cc(C(=O)O)nn1. The van der Waals surface area contributed by atoms with Crippen LogP contribution in [0.4, 0.5) is 0 Å². The molecule has 0 spiro atoms. The predicted octanol–water partition coefficient (Wildman–Crippen LogP) is -0.847. The minimum atomic E-state index is -3.50. The number of nitrogens with one attached hydrogen (secondary N) is 1. The number of carbonyl (C=O) groups is 1. The molecule has 0 aromatic carbocycles. The van der Waals surface area contributed by atoms with Crippen molar-refractivity contribution in [3.8, 4) is 0 Å². The smallest absolute Gasteiger partial charge is 0.358 e. The molecule has 0 unspecified atom stereocenters. The van der Waals surface area contributed by atoms with Crippen LogP contribution in [0, 0.1) is 0 Å².